The van der Waals surface area contributed by atoms with Crippen molar-refractivity contribution in [2.45, 2.75) is 4.90 Å². The van der Waals surface area contributed by atoms with E-state index in [0.717, 1.165) is 0 Å². The van der Waals surface area contributed by atoms with Crippen molar-refractivity contribution < 1.29 is 5.11 Å². The molecule has 0 radical (unpaired) electrons. The summed E-state index contributed by atoms with van der Waals surface area (Å²) in [5, 5.41) is 16.0. The maximum absolute atomic E-state index is 9.42. The zero-order chi connectivity index (χ0) is 11.0. The van der Waals surface area contributed by atoms with Crippen LogP contribution in [0.15, 0.2) is 70.0 Å². The number of aliphatic hydroxyl groups excluding tert-OH is 1. The summed E-state index contributed by atoms with van der Waals surface area (Å²) in [6.07, 6.45) is 1.79. The highest BCUT2D eigenvalue weighted by molar-refractivity contribution is 8.22. The van der Waals surface area contributed by atoms with E-state index in [2.05, 4.69) is 47.9 Å². The van der Waals surface area contributed by atoms with Crippen molar-refractivity contribution in [3.63, 3.8) is 0 Å². The highest BCUT2D eigenvalue weighted by Crippen LogP contribution is 2.46. The highest BCUT2D eigenvalue weighted by atomic mass is 32.2. The van der Waals surface area contributed by atoms with E-state index >= 15 is 0 Å². The van der Waals surface area contributed by atoms with Gasteiger partial charge in [0, 0.05) is 10.3 Å². The second kappa shape index (κ2) is 3.72. The highest BCUT2D eigenvalue weighted by Gasteiger charge is 2.09. The summed E-state index contributed by atoms with van der Waals surface area (Å²) in [5.41, 5.74) is 0. The molecule has 0 aromatic heterocycles. The van der Waals surface area contributed by atoms with Gasteiger partial charge in [-0.05, 0) is 28.3 Å². The zero-order valence-corrected chi connectivity index (χ0v) is 9.56. The lowest BCUT2D eigenvalue weighted by Gasteiger charge is -2.13. The molecule has 0 spiro atoms. The molecule has 0 aliphatic carbocycles. The predicted octanol–water partition coefficient (Wildman–Crippen LogP) is 4.13. The normalized spacial score (nSPS) is 21.2. The van der Waals surface area contributed by atoms with Crippen molar-refractivity contribution in [1.29, 1.82) is 0 Å². The Bertz CT molecular complexity index is 593. The molecule has 0 amide bonds. The Morgan fingerprint density at radius 2 is 1.75 bits per heavy atom. The lowest BCUT2D eigenvalue weighted by molar-refractivity contribution is 0.435. The number of allylic oxidation sites excluding steroid dienone is 1. The molecule has 1 atom stereocenters. The van der Waals surface area contributed by atoms with Crippen molar-refractivity contribution in [3.05, 3.63) is 65.1 Å². The van der Waals surface area contributed by atoms with Gasteiger partial charge in [-0.2, -0.15) is 10.9 Å². The van der Waals surface area contributed by atoms with Crippen molar-refractivity contribution >= 4 is 21.7 Å². The number of fused-ring (bicyclic) bond motifs is 1. The average Bonchev–Trinajstić information content (AvgIpc) is 2.75. The number of hydrogen-bond acceptors (Lipinski definition) is 1. The number of benzene rings is 2. The first-order valence-electron chi connectivity index (χ1n) is 5.20. The molecular weight excluding hydrogens is 216 g/mol. The Morgan fingerprint density at radius 1 is 0.938 bits per heavy atom. The average molecular weight is 228 g/mol. The summed E-state index contributed by atoms with van der Waals surface area (Å²) >= 11 is 0. The van der Waals surface area contributed by atoms with Crippen LogP contribution in [0.1, 0.15) is 0 Å². The molecule has 0 bridgehead atoms. The lowest BCUT2D eigenvalue weighted by atomic mass is 10.1. The van der Waals surface area contributed by atoms with Crippen LogP contribution in [-0.2, 0) is 0 Å². The Kier molecular flexibility index (Phi) is 2.22. The van der Waals surface area contributed by atoms with Crippen LogP contribution >= 0.6 is 10.9 Å². The summed E-state index contributed by atoms with van der Waals surface area (Å²) in [4.78, 5) is 1.31. The Balaban J connectivity index is 2.21. The molecule has 2 aromatic carbocycles. The van der Waals surface area contributed by atoms with Crippen molar-refractivity contribution in [1.82, 2.24) is 0 Å². The van der Waals surface area contributed by atoms with Gasteiger partial charge in [0.25, 0.3) is 0 Å². The third-order valence-electron chi connectivity index (χ3n) is 2.72. The Labute approximate surface area is 97.1 Å². The minimum absolute atomic E-state index is 0.388. The van der Waals surface area contributed by atoms with E-state index in [1.807, 2.05) is 5.41 Å². The van der Waals surface area contributed by atoms with Gasteiger partial charge in [0.15, 0.2) is 0 Å². The van der Waals surface area contributed by atoms with Gasteiger partial charge in [-0.1, -0.05) is 36.4 Å². The summed E-state index contributed by atoms with van der Waals surface area (Å²) < 4.78 is 0. The molecule has 2 aromatic rings. The first-order chi connectivity index (χ1) is 7.84. The summed E-state index contributed by atoms with van der Waals surface area (Å²) in [6.45, 7) is 0. The van der Waals surface area contributed by atoms with Crippen LogP contribution in [0.2, 0.25) is 0 Å². The third-order valence-corrected chi connectivity index (χ3v) is 4.68. The van der Waals surface area contributed by atoms with Gasteiger partial charge in [0.1, 0.15) is 5.76 Å². The fourth-order valence-electron chi connectivity index (χ4n) is 1.97. The topological polar surface area (TPSA) is 20.2 Å². The minimum Gasteiger partial charge on any atom is -0.507 e. The largest absolute Gasteiger partial charge is 0.507 e. The van der Waals surface area contributed by atoms with Crippen molar-refractivity contribution in [2.75, 3.05) is 0 Å². The first-order valence-corrected chi connectivity index (χ1v) is 6.68. The second-order valence-electron chi connectivity index (χ2n) is 3.78. The monoisotopic (exact) mass is 228 g/mol. The van der Waals surface area contributed by atoms with Gasteiger partial charge in [-0.3, -0.25) is 0 Å². The smallest absolute Gasteiger partial charge is 0.121 e. The second-order valence-corrected chi connectivity index (χ2v) is 5.63. The molecule has 1 unspecified atom stereocenters. The molecule has 0 saturated heterocycles. The maximum Gasteiger partial charge on any atom is 0.121 e. The van der Waals surface area contributed by atoms with Crippen LogP contribution < -0.4 is 0 Å². The van der Waals surface area contributed by atoms with Crippen molar-refractivity contribution in [3.8, 4) is 0 Å². The molecule has 1 N–H and O–H groups in total. The van der Waals surface area contributed by atoms with Gasteiger partial charge in [-0.25, -0.2) is 0 Å². The Hall–Kier alpha value is -1.67. The predicted molar refractivity (Wildman–Crippen MR) is 71.1 cm³/mol. The molecule has 1 heterocycles. The number of rotatable bonds is 1. The molecule has 2 heteroatoms. The molecule has 0 fully saturated rings. The summed E-state index contributed by atoms with van der Waals surface area (Å²) in [6, 6.07) is 14.7. The van der Waals surface area contributed by atoms with E-state index in [0.29, 0.717) is 5.76 Å². The van der Waals surface area contributed by atoms with E-state index < -0.39 is 10.9 Å². The van der Waals surface area contributed by atoms with Crippen LogP contribution in [0.4, 0.5) is 0 Å². The minimum atomic E-state index is -0.472. The maximum atomic E-state index is 9.42. The SMILES string of the molecule is OC1=C[SH](c2cccc3ccccc23)C=C1. The van der Waals surface area contributed by atoms with Gasteiger partial charge in [-0.15, -0.1) is 0 Å². The van der Waals surface area contributed by atoms with Gasteiger partial charge in [0.2, 0.25) is 0 Å². The molecule has 80 valence electrons. The van der Waals surface area contributed by atoms with Crippen LogP contribution in [0.25, 0.3) is 10.8 Å². The van der Waals surface area contributed by atoms with Gasteiger partial charge < -0.3 is 5.11 Å². The van der Waals surface area contributed by atoms with E-state index in [1.165, 1.54) is 15.7 Å². The Morgan fingerprint density at radius 3 is 2.56 bits per heavy atom. The van der Waals surface area contributed by atoms with Gasteiger partial charge >= 0.3 is 0 Å². The molecule has 0 saturated carbocycles. The van der Waals surface area contributed by atoms with Crippen LogP contribution in [0, 0.1) is 0 Å². The van der Waals surface area contributed by atoms with Crippen molar-refractivity contribution in [2.24, 2.45) is 0 Å². The van der Waals surface area contributed by atoms with E-state index in [-0.39, 0.29) is 0 Å². The van der Waals surface area contributed by atoms with Crippen LogP contribution in [-0.4, -0.2) is 5.11 Å². The standard InChI is InChI=1S/C14H12OS/c15-12-8-9-16(10-12)14-7-3-5-11-4-1-2-6-13(11)14/h1-10,15-16H. The summed E-state index contributed by atoms with van der Waals surface area (Å²) in [7, 11) is -0.472. The summed E-state index contributed by atoms with van der Waals surface area (Å²) in [5.74, 6) is 0.388. The van der Waals surface area contributed by atoms with Crippen LogP contribution in [0.5, 0.6) is 0 Å². The lowest BCUT2D eigenvalue weighted by Crippen LogP contribution is -1.79. The number of aliphatic hydroxyl groups is 1. The van der Waals surface area contributed by atoms with Crippen LogP contribution in [0.3, 0.4) is 0 Å². The molecule has 1 aliphatic rings. The van der Waals surface area contributed by atoms with E-state index in [9.17, 15) is 5.11 Å². The zero-order valence-electron chi connectivity index (χ0n) is 8.67. The fraction of sp³-hybridized carbons (Fsp3) is 0. The van der Waals surface area contributed by atoms with E-state index in [4.69, 9.17) is 0 Å². The number of thiol groups is 1. The first kappa shape index (κ1) is 9.55. The molecule has 1 nitrogen and oxygen atoms in total. The number of hydrogen-bond donors (Lipinski definition) is 2. The quantitative estimate of drug-likeness (QED) is 0.703. The molecule has 1 aliphatic heterocycles. The molecule has 16 heavy (non-hydrogen) atoms. The fourth-order valence-corrected chi connectivity index (χ4v) is 3.78. The molecule has 3 rings (SSSR count). The van der Waals surface area contributed by atoms with E-state index in [1.54, 1.807) is 6.08 Å². The third kappa shape index (κ3) is 1.51. The molecular formula is C14H12OS. The van der Waals surface area contributed by atoms with Gasteiger partial charge in [0.05, 0.1) is 0 Å².